The summed E-state index contributed by atoms with van der Waals surface area (Å²) >= 11 is 1.43. The molecular formula is C19H28N5O2S+. The molecule has 3 aromatic heterocycles. The van der Waals surface area contributed by atoms with E-state index in [9.17, 15) is 0 Å². The van der Waals surface area contributed by atoms with Crippen molar-refractivity contribution in [1.29, 1.82) is 0 Å². The molecule has 0 aliphatic rings. The first-order valence-electron chi connectivity index (χ1n) is 9.05. The van der Waals surface area contributed by atoms with Gasteiger partial charge in [-0.15, -0.1) is 0 Å². The van der Waals surface area contributed by atoms with E-state index in [1.807, 2.05) is 4.68 Å². The molecule has 7 nitrogen and oxygen atoms in total. The predicted octanol–water partition coefficient (Wildman–Crippen LogP) is 3.60. The highest BCUT2D eigenvalue weighted by molar-refractivity contribution is 7.05. The van der Waals surface area contributed by atoms with E-state index in [1.165, 1.54) is 11.5 Å². The summed E-state index contributed by atoms with van der Waals surface area (Å²) in [5, 5.41) is 5.56. The van der Waals surface area contributed by atoms with Crippen LogP contribution >= 0.6 is 11.5 Å². The first-order valence-corrected chi connectivity index (χ1v) is 9.82. The van der Waals surface area contributed by atoms with Crippen LogP contribution in [0.5, 0.6) is 0 Å². The maximum atomic E-state index is 5.82. The molecule has 0 aromatic carbocycles. The Labute approximate surface area is 164 Å². The molecule has 0 atom stereocenters. The summed E-state index contributed by atoms with van der Waals surface area (Å²) < 4.78 is 17.4. The van der Waals surface area contributed by atoms with Gasteiger partial charge < -0.3 is 8.83 Å². The number of aromatic nitrogens is 5. The van der Waals surface area contributed by atoms with E-state index in [-0.39, 0.29) is 16.2 Å². The first kappa shape index (κ1) is 19.7. The van der Waals surface area contributed by atoms with E-state index in [1.54, 1.807) is 19.0 Å². The van der Waals surface area contributed by atoms with Gasteiger partial charge in [0.15, 0.2) is 6.54 Å². The molecule has 3 rings (SSSR count). The third-order valence-electron chi connectivity index (χ3n) is 4.40. The largest absolute Gasteiger partial charge is 0.448 e. The molecule has 0 aliphatic heterocycles. The van der Waals surface area contributed by atoms with Crippen LogP contribution in [0.1, 0.15) is 70.9 Å². The van der Waals surface area contributed by atoms with E-state index in [0.29, 0.717) is 18.3 Å². The minimum atomic E-state index is -0.318. The highest BCUT2D eigenvalue weighted by Crippen LogP contribution is 2.30. The van der Waals surface area contributed by atoms with Gasteiger partial charge in [0.2, 0.25) is 5.89 Å². The van der Waals surface area contributed by atoms with Gasteiger partial charge in [-0.3, -0.25) is 0 Å². The molecule has 0 amide bonds. The molecule has 0 saturated heterocycles. The lowest BCUT2D eigenvalue weighted by Crippen LogP contribution is -2.45. The fourth-order valence-corrected chi connectivity index (χ4v) is 3.45. The summed E-state index contributed by atoms with van der Waals surface area (Å²) in [4.78, 5) is 9.09. The molecule has 0 N–H and O–H groups in total. The van der Waals surface area contributed by atoms with E-state index in [0.717, 1.165) is 17.1 Å². The Morgan fingerprint density at radius 3 is 2.33 bits per heavy atom. The zero-order valence-corrected chi connectivity index (χ0v) is 17.9. The van der Waals surface area contributed by atoms with Crippen molar-refractivity contribution in [3.63, 3.8) is 0 Å². The van der Waals surface area contributed by atoms with E-state index in [4.69, 9.17) is 13.8 Å². The second kappa shape index (κ2) is 6.82. The number of rotatable bonds is 6. The first-order chi connectivity index (χ1) is 12.5. The molecule has 0 bridgehead atoms. The fraction of sp³-hybridized carbons (Fsp3) is 0.632. The highest BCUT2D eigenvalue weighted by Gasteiger charge is 2.35. The Balaban J connectivity index is 1.73. The van der Waals surface area contributed by atoms with E-state index >= 15 is 0 Å². The molecule has 0 radical (unpaired) electrons. The Hall–Kier alpha value is -2.09. The molecule has 0 unspecified atom stereocenters. The summed E-state index contributed by atoms with van der Waals surface area (Å²) in [6.07, 6.45) is 5.74. The van der Waals surface area contributed by atoms with Gasteiger partial charge in [-0.25, -0.2) is 9.97 Å². The Kier molecular flexibility index (Phi) is 4.96. The molecule has 0 spiro atoms. The van der Waals surface area contributed by atoms with Gasteiger partial charge in [-0.2, -0.15) is 4.37 Å². The highest BCUT2D eigenvalue weighted by atomic mass is 32.1. The van der Waals surface area contributed by atoms with Crippen LogP contribution in [0.2, 0.25) is 0 Å². The maximum Gasteiger partial charge on any atom is 0.361 e. The van der Waals surface area contributed by atoms with Gasteiger partial charge in [0, 0.05) is 22.3 Å². The number of oxazole rings is 1. The van der Waals surface area contributed by atoms with Crippen LogP contribution in [-0.4, -0.2) is 19.4 Å². The summed E-state index contributed by atoms with van der Waals surface area (Å²) in [7, 11) is 0. The zero-order valence-electron chi connectivity index (χ0n) is 17.1. The minimum absolute atomic E-state index is 0.123. The van der Waals surface area contributed by atoms with Crippen molar-refractivity contribution in [2.24, 2.45) is 0 Å². The van der Waals surface area contributed by atoms with Gasteiger partial charge in [-0.1, -0.05) is 39.3 Å². The van der Waals surface area contributed by atoms with Gasteiger partial charge in [0.05, 0.1) is 5.69 Å². The standard InChI is InChI=1S/C19H28N5O2S/c1-17(2,3)14-23-24(12-26-14)10-19(6,7)15-22-13(9-25-15)8-18(4,5)16-20-11-21-27-16/h9,11-12H,8,10H2,1-7H3/q+1. The molecule has 27 heavy (non-hydrogen) atoms. The lowest BCUT2D eigenvalue weighted by atomic mass is 9.88. The van der Waals surface area contributed by atoms with E-state index < -0.39 is 0 Å². The van der Waals surface area contributed by atoms with Gasteiger partial charge in [0.25, 0.3) is 5.89 Å². The van der Waals surface area contributed by atoms with Crippen molar-refractivity contribution >= 4 is 11.5 Å². The Bertz CT molecular complexity index is 887. The van der Waals surface area contributed by atoms with Gasteiger partial charge in [-0.05, 0) is 25.4 Å². The van der Waals surface area contributed by atoms with Crippen molar-refractivity contribution in [3.05, 3.63) is 41.5 Å². The Morgan fingerprint density at radius 1 is 1.00 bits per heavy atom. The average molecular weight is 391 g/mol. The molecule has 0 fully saturated rings. The van der Waals surface area contributed by atoms with Crippen LogP contribution in [0.25, 0.3) is 0 Å². The molecule has 8 heteroatoms. The maximum absolute atomic E-state index is 5.82. The molecule has 0 saturated carbocycles. The summed E-state index contributed by atoms with van der Waals surface area (Å²) in [5.74, 6) is 1.41. The SMILES string of the molecule is CC(C)(C)c1n[n+](CC(C)(C)c2nc(CC(C)(C)c3ncns3)co2)co1. The van der Waals surface area contributed by atoms with Crippen LogP contribution < -0.4 is 4.68 Å². The van der Waals surface area contributed by atoms with Crippen molar-refractivity contribution in [3.8, 4) is 0 Å². The van der Waals surface area contributed by atoms with Crippen LogP contribution in [0, 0.1) is 0 Å². The van der Waals surface area contributed by atoms with Gasteiger partial charge in [0.1, 0.15) is 23.0 Å². The third kappa shape index (κ3) is 4.43. The lowest BCUT2D eigenvalue weighted by Gasteiger charge is -2.19. The zero-order chi connectivity index (χ0) is 19.9. The number of nitrogens with zero attached hydrogens (tertiary/aromatic N) is 5. The minimum Gasteiger partial charge on any atom is -0.448 e. The van der Waals surface area contributed by atoms with Crippen molar-refractivity contribution in [2.75, 3.05) is 0 Å². The molecule has 3 aromatic rings. The van der Waals surface area contributed by atoms with Crippen molar-refractivity contribution in [1.82, 2.24) is 19.4 Å². The summed E-state index contributed by atoms with van der Waals surface area (Å²) in [5.41, 5.74) is 0.338. The summed E-state index contributed by atoms with van der Waals surface area (Å²) in [6.45, 7) is 15.3. The smallest absolute Gasteiger partial charge is 0.361 e. The Morgan fingerprint density at radius 2 is 1.74 bits per heavy atom. The van der Waals surface area contributed by atoms with E-state index in [2.05, 4.69) is 62.9 Å². The summed E-state index contributed by atoms with van der Waals surface area (Å²) in [6, 6.07) is 0. The van der Waals surface area contributed by atoms with Crippen LogP contribution in [0.3, 0.4) is 0 Å². The normalized spacial score (nSPS) is 13.3. The molecule has 3 heterocycles. The fourth-order valence-electron chi connectivity index (χ4n) is 2.85. The quantitative estimate of drug-likeness (QED) is 0.598. The van der Waals surface area contributed by atoms with Crippen molar-refractivity contribution < 1.29 is 13.5 Å². The number of hydrogen-bond donors (Lipinski definition) is 0. The molecule has 146 valence electrons. The van der Waals surface area contributed by atoms with Crippen LogP contribution in [-0.2, 0) is 29.2 Å². The third-order valence-corrected chi connectivity index (χ3v) is 5.43. The predicted molar refractivity (Wildman–Crippen MR) is 102 cm³/mol. The number of hydrogen-bond acceptors (Lipinski definition) is 7. The lowest BCUT2D eigenvalue weighted by molar-refractivity contribution is -0.761. The second-order valence-electron chi connectivity index (χ2n) is 9.31. The molecule has 0 aliphatic carbocycles. The van der Waals surface area contributed by atoms with Crippen LogP contribution in [0.15, 0.2) is 27.8 Å². The molecular weight excluding hydrogens is 362 g/mol. The second-order valence-corrected chi connectivity index (χ2v) is 10.1. The van der Waals surface area contributed by atoms with Gasteiger partial charge >= 0.3 is 6.39 Å². The van der Waals surface area contributed by atoms with Crippen molar-refractivity contribution in [2.45, 2.75) is 77.7 Å². The monoisotopic (exact) mass is 390 g/mol. The van der Waals surface area contributed by atoms with Crippen LogP contribution in [0.4, 0.5) is 0 Å². The topological polar surface area (TPSA) is 81.7 Å². The average Bonchev–Trinajstić information content (AvgIpc) is 3.27.